The number of methoxy groups -OCH3 is 1. The summed E-state index contributed by atoms with van der Waals surface area (Å²) in [4.78, 5) is 21.6. The number of rotatable bonds is 4. The number of halogens is 1. The molecule has 0 unspecified atom stereocenters. The quantitative estimate of drug-likeness (QED) is 0.797. The van der Waals surface area contributed by atoms with E-state index in [-0.39, 0.29) is 24.4 Å². The lowest BCUT2D eigenvalue weighted by molar-refractivity contribution is -0.141. The Morgan fingerprint density at radius 3 is 2.29 bits per heavy atom. The smallest absolute Gasteiger partial charge is 0.335 e. The lowest BCUT2D eigenvalue weighted by Crippen LogP contribution is -2.16. The largest absolute Gasteiger partial charge is 0.478 e. The van der Waals surface area contributed by atoms with Gasteiger partial charge in [-0.25, -0.2) is 4.79 Å². The van der Waals surface area contributed by atoms with Gasteiger partial charge in [0.1, 0.15) is 0 Å². The van der Waals surface area contributed by atoms with E-state index in [9.17, 15) is 9.59 Å². The minimum atomic E-state index is -0.993. The summed E-state index contributed by atoms with van der Waals surface area (Å²) in [5.41, 5.74) is 6.64. The van der Waals surface area contributed by atoms with Crippen LogP contribution in [0, 0.1) is 0 Å². The van der Waals surface area contributed by atoms with Crippen molar-refractivity contribution in [2.45, 2.75) is 12.5 Å². The number of hydrogen-bond donors (Lipinski definition) is 2. The van der Waals surface area contributed by atoms with E-state index in [1.165, 1.54) is 19.2 Å². The van der Waals surface area contributed by atoms with E-state index in [2.05, 4.69) is 4.74 Å². The van der Waals surface area contributed by atoms with Gasteiger partial charge in [-0.05, 0) is 17.7 Å². The number of ether oxygens (including phenoxy) is 1. The van der Waals surface area contributed by atoms with Gasteiger partial charge in [0, 0.05) is 6.04 Å². The molecule has 1 atom stereocenters. The van der Waals surface area contributed by atoms with E-state index in [0.29, 0.717) is 5.56 Å². The van der Waals surface area contributed by atoms with Crippen molar-refractivity contribution in [3.05, 3.63) is 35.4 Å². The highest BCUT2D eigenvalue weighted by atomic mass is 35.5. The first kappa shape index (κ1) is 15.4. The van der Waals surface area contributed by atoms with Crippen molar-refractivity contribution in [1.82, 2.24) is 0 Å². The molecular formula is C11H14ClNO4. The lowest BCUT2D eigenvalue weighted by atomic mass is 10.0. The second-order valence-corrected chi connectivity index (χ2v) is 3.31. The molecule has 0 amide bonds. The molecule has 0 spiro atoms. The van der Waals surface area contributed by atoms with Gasteiger partial charge < -0.3 is 15.6 Å². The van der Waals surface area contributed by atoms with Gasteiger partial charge in [0.15, 0.2) is 0 Å². The molecule has 0 saturated carbocycles. The number of aromatic carboxylic acids is 1. The maximum Gasteiger partial charge on any atom is 0.335 e. The Balaban J connectivity index is 0.00000256. The number of carbonyl (C=O) groups excluding carboxylic acids is 1. The predicted molar refractivity (Wildman–Crippen MR) is 64.2 cm³/mol. The lowest BCUT2D eigenvalue weighted by Gasteiger charge is -2.10. The summed E-state index contributed by atoms with van der Waals surface area (Å²) in [6.07, 6.45) is 0.0723. The van der Waals surface area contributed by atoms with E-state index in [0.717, 1.165) is 0 Å². The number of carbonyl (C=O) groups is 2. The molecule has 6 heteroatoms. The van der Waals surface area contributed by atoms with Crippen LogP contribution in [0.5, 0.6) is 0 Å². The minimum Gasteiger partial charge on any atom is -0.478 e. The average Bonchev–Trinajstić information content (AvgIpc) is 2.28. The molecule has 0 bridgehead atoms. The third kappa shape index (κ3) is 4.42. The van der Waals surface area contributed by atoms with Crippen LogP contribution in [-0.4, -0.2) is 24.2 Å². The molecule has 3 N–H and O–H groups in total. The molecule has 5 nitrogen and oxygen atoms in total. The monoisotopic (exact) mass is 259 g/mol. The first-order valence-corrected chi connectivity index (χ1v) is 4.70. The third-order valence-corrected chi connectivity index (χ3v) is 2.20. The molecule has 1 rings (SSSR count). The topological polar surface area (TPSA) is 89.6 Å². The molecule has 0 heterocycles. The molecule has 0 aliphatic carbocycles. The van der Waals surface area contributed by atoms with Crippen LogP contribution >= 0.6 is 12.4 Å². The fourth-order valence-corrected chi connectivity index (χ4v) is 1.25. The van der Waals surface area contributed by atoms with Gasteiger partial charge in [0.25, 0.3) is 0 Å². The minimum absolute atomic E-state index is 0. The maximum absolute atomic E-state index is 11.0. The fraction of sp³-hybridized carbons (Fsp3) is 0.273. The Hall–Kier alpha value is -1.59. The number of carboxylic acid groups (broad SMARTS) is 1. The molecule has 1 aromatic rings. The number of nitrogens with two attached hydrogens (primary N) is 1. The van der Waals surface area contributed by atoms with Crippen molar-refractivity contribution in [3.8, 4) is 0 Å². The van der Waals surface area contributed by atoms with Gasteiger partial charge in [-0.3, -0.25) is 4.79 Å². The summed E-state index contributed by atoms with van der Waals surface area (Å²) in [5, 5.41) is 8.69. The van der Waals surface area contributed by atoms with Crippen LogP contribution in [0.2, 0.25) is 0 Å². The molecule has 0 aliphatic rings. The zero-order chi connectivity index (χ0) is 12.1. The highest BCUT2D eigenvalue weighted by Crippen LogP contribution is 2.15. The molecular weight excluding hydrogens is 246 g/mol. The van der Waals surface area contributed by atoms with Crippen molar-refractivity contribution in [2.24, 2.45) is 5.73 Å². The van der Waals surface area contributed by atoms with Gasteiger partial charge in [0.2, 0.25) is 0 Å². The molecule has 0 saturated heterocycles. The summed E-state index contributed by atoms with van der Waals surface area (Å²) in [7, 11) is 1.29. The Labute approximate surface area is 105 Å². The Bertz CT molecular complexity index is 391. The number of esters is 1. The number of benzene rings is 1. The van der Waals surface area contributed by atoms with E-state index >= 15 is 0 Å². The van der Waals surface area contributed by atoms with Crippen LogP contribution in [0.1, 0.15) is 28.4 Å². The van der Waals surface area contributed by atoms with Crippen LogP contribution < -0.4 is 5.73 Å². The van der Waals surface area contributed by atoms with Gasteiger partial charge in [0.05, 0.1) is 19.1 Å². The van der Waals surface area contributed by atoms with Gasteiger partial charge in [-0.1, -0.05) is 12.1 Å². The highest BCUT2D eigenvalue weighted by Gasteiger charge is 2.12. The van der Waals surface area contributed by atoms with Crippen molar-refractivity contribution in [2.75, 3.05) is 7.11 Å². The summed E-state index contributed by atoms with van der Waals surface area (Å²) in [5.74, 6) is -1.39. The first-order chi connectivity index (χ1) is 7.54. The van der Waals surface area contributed by atoms with Gasteiger partial charge in [-0.15, -0.1) is 12.4 Å². The second kappa shape index (κ2) is 6.88. The summed E-state index contributed by atoms with van der Waals surface area (Å²) < 4.78 is 4.49. The van der Waals surface area contributed by atoms with E-state index in [4.69, 9.17) is 10.8 Å². The van der Waals surface area contributed by atoms with Crippen LogP contribution in [0.15, 0.2) is 24.3 Å². The zero-order valence-corrected chi connectivity index (χ0v) is 10.1. The van der Waals surface area contributed by atoms with Crippen LogP contribution in [0.25, 0.3) is 0 Å². The van der Waals surface area contributed by atoms with E-state index < -0.39 is 18.0 Å². The molecule has 0 aliphatic heterocycles. The fourth-order valence-electron chi connectivity index (χ4n) is 1.25. The van der Waals surface area contributed by atoms with Crippen LogP contribution in [-0.2, 0) is 9.53 Å². The van der Waals surface area contributed by atoms with Crippen molar-refractivity contribution in [1.29, 1.82) is 0 Å². The van der Waals surface area contributed by atoms with Gasteiger partial charge >= 0.3 is 11.9 Å². The molecule has 94 valence electrons. The molecule has 0 aromatic heterocycles. The standard InChI is InChI=1S/C11H13NO4.ClH/c1-16-10(13)6-9(12)7-2-4-8(5-3-7)11(14)15;/h2-5,9H,6,12H2,1H3,(H,14,15);1H/t9-;/m1./s1. The Morgan fingerprint density at radius 1 is 1.35 bits per heavy atom. The normalized spacial score (nSPS) is 11.2. The summed E-state index contributed by atoms with van der Waals surface area (Å²) in [6.45, 7) is 0. The first-order valence-electron chi connectivity index (χ1n) is 4.70. The predicted octanol–water partition coefficient (Wildman–Crippen LogP) is 1.37. The van der Waals surface area contributed by atoms with E-state index in [1.807, 2.05) is 0 Å². The van der Waals surface area contributed by atoms with Crippen LogP contribution in [0.3, 0.4) is 0 Å². The maximum atomic E-state index is 11.0. The molecule has 17 heavy (non-hydrogen) atoms. The van der Waals surface area contributed by atoms with Crippen molar-refractivity contribution < 1.29 is 19.4 Å². The van der Waals surface area contributed by atoms with Crippen molar-refractivity contribution in [3.63, 3.8) is 0 Å². The molecule has 1 aromatic carbocycles. The SMILES string of the molecule is COC(=O)C[C@@H](N)c1ccc(C(=O)O)cc1.Cl. The average molecular weight is 260 g/mol. The van der Waals surface area contributed by atoms with Crippen molar-refractivity contribution >= 4 is 24.3 Å². The number of hydrogen-bond acceptors (Lipinski definition) is 4. The Kier molecular flexibility index (Phi) is 6.23. The summed E-state index contributed by atoms with van der Waals surface area (Å²) >= 11 is 0. The number of carboxylic acids is 1. The highest BCUT2D eigenvalue weighted by molar-refractivity contribution is 5.87. The Morgan fingerprint density at radius 2 is 1.88 bits per heavy atom. The zero-order valence-electron chi connectivity index (χ0n) is 9.25. The van der Waals surface area contributed by atoms with Crippen LogP contribution in [0.4, 0.5) is 0 Å². The third-order valence-electron chi connectivity index (χ3n) is 2.20. The second-order valence-electron chi connectivity index (χ2n) is 3.31. The molecule has 0 fully saturated rings. The summed E-state index contributed by atoms with van der Waals surface area (Å²) in [6, 6.07) is 5.62. The molecule has 0 radical (unpaired) electrons. The van der Waals surface area contributed by atoms with Gasteiger partial charge in [-0.2, -0.15) is 0 Å². The van der Waals surface area contributed by atoms with E-state index in [1.54, 1.807) is 12.1 Å².